The average Bonchev–Trinajstić information content (AvgIpc) is 2.39. The first-order valence-electron chi connectivity index (χ1n) is 5.53. The molecule has 0 heterocycles. The fraction of sp³-hybridized carbons (Fsp3) is 0.0769. The largest absolute Gasteiger partial charge is 0.453 e. The summed E-state index contributed by atoms with van der Waals surface area (Å²) in [5.41, 5.74) is 5.52. The lowest BCUT2D eigenvalue weighted by molar-refractivity contribution is -0.0522. The molecule has 2 aromatic rings. The molecule has 0 unspecified atom stereocenters. The third kappa shape index (κ3) is 3.95. The molecule has 0 radical (unpaired) electrons. The van der Waals surface area contributed by atoms with E-state index < -0.39 is 18.2 Å². The summed E-state index contributed by atoms with van der Waals surface area (Å²) in [5.74, 6) is -1.50. The van der Waals surface area contributed by atoms with Crippen LogP contribution in [0, 0.1) is 5.82 Å². The summed E-state index contributed by atoms with van der Waals surface area (Å²) in [7, 11) is 0. The van der Waals surface area contributed by atoms with Crippen molar-refractivity contribution >= 4 is 33.2 Å². The van der Waals surface area contributed by atoms with Gasteiger partial charge in [-0.25, -0.2) is 4.39 Å². The topological polar surface area (TPSA) is 44.5 Å². The van der Waals surface area contributed by atoms with Crippen LogP contribution >= 0.6 is 27.5 Å². The highest BCUT2D eigenvalue weighted by Gasteiger charge is 2.15. The highest BCUT2D eigenvalue weighted by molar-refractivity contribution is 9.10. The zero-order valence-corrected chi connectivity index (χ0v) is 12.6. The maximum absolute atomic E-state index is 13.4. The first-order valence-corrected chi connectivity index (χ1v) is 6.70. The van der Waals surface area contributed by atoms with Crippen LogP contribution in [0.3, 0.4) is 0 Å². The normalized spacial score (nSPS) is 10.8. The van der Waals surface area contributed by atoms with E-state index in [1.807, 2.05) is 0 Å². The highest BCUT2D eigenvalue weighted by atomic mass is 79.9. The maximum atomic E-state index is 13.4. The van der Waals surface area contributed by atoms with Gasteiger partial charge in [0.2, 0.25) is 0 Å². The van der Waals surface area contributed by atoms with Crippen LogP contribution in [-0.2, 0) is 0 Å². The molecule has 0 aliphatic carbocycles. The maximum Gasteiger partial charge on any atom is 0.387 e. The van der Waals surface area contributed by atoms with Crippen molar-refractivity contribution in [3.05, 3.63) is 45.6 Å². The van der Waals surface area contributed by atoms with Crippen LogP contribution in [0.4, 0.5) is 18.9 Å². The molecule has 2 N–H and O–H groups in total. The van der Waals surface area contributed by atoms with E-state index in [1.54, 1.807) is 18.2 Å². The van der Waals surface area contributed by atoms with E-state index in [0.29, 0.717) is 4.47 Å². The summed E-state index contributed by atoms with van der Waals surface area (Å²) in [6, 6.07) is 6.58. The SMILES string of the molecule is Nc1cc(F)c(OC(F)F)cc1Oc1cc(Br)ccc1Cl. The lowest BCUT2D eigenvalue weighted by Gasteiger charge is -2.13. The Hall–Kier alpha value is -1.60. The van der Waals surface area contributed by atoms with Gasteiger partial charge in [-0.2, -0.15) is 8.78 Å². The number of halogens is 5. The Morgan fingerprint density at radius 2 is 1.81 bits per heavy atom. The second-order valence-electron chi connectivity index (χ2n) is 3.88. The van der Waals surface area contributed by atoms with Crippen molar-refractivity contribution < 1.29 is 22.6 Å². The van der Waals surface area contributed by atoms with E-state index in [1.165, 1.54) is 0 Å². The minimum absolute atomic E-state index is 0.0490. The second kappa shape index (κ2) is 6.44. The summed E-state index contributed by atoms with van der Waals surface area (Å²) in [4.78, 5) is 0. The van der Waals surface area contributed by atoms with Crippen LogP contribution in [0.25, 0.3) is 0 Å². The van der Waals surface area contributed by atoms with Gasteiger partial charge < -0.3 is 15.2 Å². The summed E-state index contributed by atoms with van der Waals surface area (Å²) < 4.78 is 48.0. The van der Waals surface area contributed by atoms with E-state index in [-0.39, 0.29) is 22.2 Å². The number of rotatable bonds is 4. The molecular formula is C13H8BrClF3NO2. The van der Waals surface area contributed by atoms with Gasteiger partial charge in [0.15, 0.2) is 17.3 Å². The predicted molar refractivity (Wildman–Crippen MR) is 76.7 cm³/mol. The van der Waals surface area contributed by atoms with Crippen molar-refractivity contribution in [2.45, 2.75) is 6.61 Å². The number of ether oxygens (including phenoxy) is 2. The van der Waals surface area contributed by atoms with E-state index in [2.05, 4.69) is 20.7 Å². The van der Waals surface area contributed by atoms with E-state index in [0.717, 1.165) is 12.1 Å². The highest BCUT2D eigenvalue weighted by Crippen LogP contribution is 2.37. The summed E-state index contributed by atoms with van der Waals surface area (Å²) in [6.07, 6.45) is 0. The molecule has 2 aromatic carbocycles. The van der Waals surface area contributed by atoms with Gasteiger partial charge in [0.1, 0.15) is 5.75 Å². The lowest BCUT2D eigenvalue weighted by atomic mass is 10.2. The quantitative estimate of drug-likeness (QED) is 0.738. The van der Waals surface area contributed by atoms with Crippen molar-refractivity contribution in [2.24, 2.45) is 0 Å². The van der Waals surface area contributed by atoms with Gasteiger partial charge in [0.05, 0.1) is 10.7 Å². The van der Waals surface area contributed by atoms with Gasteiger partial charge in [-0.1, -0.05) is 27.5 Å². The number of benzene rings is 2. The molecule has 0 spiro atoms. The van der Waals surface area contributed by atoms with Crippen molar-refractivity contribution in [2.75, 3.05) is 5.73 Å². The van der Waals surface area contributed by atoms with Crippen LogP contribution in [0.1, 0.15) is 0 Å². The average molecular weight is 383 g/mol. The lowest BCUT2D eigenvalue weighted by Crippen LogP contribution is -2.05. The van der Waals surface area contributed by atoms with Crippen molar-refractivity contribution in [3.63, 3.8) is 0 Å². The smallest absolute Gasteiger partial charge is 0.387 e. The zero-order valence-electron chi connectivity index (χ0n) is 10.2. The predicted octanol–water partition coefficient (Wildman–Crippen LogP) is 5.22. The van der Waals surface area contributed by atoms with Crippen LogP contribution in [0.2, 0.25) is 5.02 Å². The Kier molecular flexibility index (Phi) is 4.84. The van der Waals surface area contributed by atoms with Crippen LogP contribution in [0.5, 0.6) is 17.2 Å². The molecule has 0 atom stereocenters. The molecule has 0 aromatic heterocycles. The monoisotopic (exact) mass is 381 g/mol. The summed E-state index contributed by atoms with van der Waals surface area (Å²) >= 11 is 9.18. The first-order chi connectivity index (χ1) is 9.86. The number of nitrogens with two attached hydrogens (primary N) is 1. The van der Waals surface area contributed by atoms with Crippen molar-refractivity contribution in [1.29, 1.82) is 0 Å². The molecule has 0 bridgehead atoms. The molecular weight excluding hydrogens is 374 g/mol. The number of nitrogen functional groups attached to an aromatic ring is 1. The fourth-order valence-electron chi connectivity index (χ4n) is 1.50. The molecule has 8 heteroatoms. The van der Waals surface area contributed by atoms with Crippen molar-refractivity contribution in [3.8, 4) is 17.2 Å². The molecule has 21 heavy (non-hydrogen) atoms. The molecule has 112 valence electrons. The van der Waals surface area contributed by atoms with Gasteiger partial charge >= 0.3 is 6.61 Å². The molecule has 2 rings (SSSR count). The van der Waals surface area contributed by atoms with Gasteiger partial charge in [-0.05, 0) is 18.2 Å². The molecule has 0 amide bonds. The first kappa shape index (κ1) is 15.8. The number of anilines is 1. The van der Waals surface area contributed by atoms with Gasteiger partial charge in [0, 0.05) is 16.6 Å². The molecule has 0 aliphatic heterocycles. The second-order valence-corrected chi connectivity index (χ2v) is 5.20. The Morgan fingerprint density at radius 3 is 2.48 bits per heavy atom. The van der Waals surface area contributed by atoms with Crippen LogP contribution in [-0.4, -0.2) is 6.61 Å². The van der Waals surface area contributed by atoms with Crippen LogP contribution < -0.4 is 15.2 Å². The minimum atomic E-state index is -3.16. The third-order valence-electron chi connectivity index (χ3n) is 2.39. The molecule has 0 saturated carbocycles. The molecule has 3 nitrogen and oxygen atoms in total. The standard InChI is InChI=1S/C13H8BrClF3NO2/c14-6-1-2-7(15)10(3-6)20-12-5-11(21-13(17)18)8(16)4-9(12)19/h1-5,13H,19H2. The van der Waals surface area contributed by atoms with E-state index in [9.17, 15) is 13.2 Å². The number of alkyl halides is 2. The summed E-state index contributed by atoms with van der Waals surface area (Å²) in [5, 5.41) is 0.276. The van der Waals surface area contributed by atoms with E-state index in [4.69, 9.17) is 22.1 Å². The number of hydrogen-bond donors (Lipinski definition) is 1. The summed E-state index contributed by atoms with van der Waals surface area (Å²) in [6.45, 7) is -3.16. The van der Waals surface area contributed by atoms with Gasteiger partial charge in [0.25, 0.3) is 0 Å². The minimum Gasteiger partial charge on any atom is -0.453 e. The third-order valence-corrected chi connectivity index (χ3v) is 3.20. The zero-order chi connectivity index (χ0) is 15.6. The Labute approximate surface area is 131 Å². The molecule has 0 aliphatic rings. The molecule has 0 saturated heterocycles. The molecule has 0 fully saturated rings. The van der Waals surface area contributed by atoms with Crippen LogP contribution in [0.15, 0.2) is 34.8 Å². The Bertz CT molecular complexity index is 670. The Morgan fingerprint density at radius 1 is 1.10 bits per heavy atom. The van der Waals surface area contributed by atoms with E-state index >= 15 is 0 Å². The van der Waals surface area contributed by atoms with Crippen molar-refractivity contribution in [1.82, 2.24) is 0 Å². The number of hydrogen-bond acceptors (Lipinski definition) is 3. The van der Waals surface area contributed by atoms with Gasteiger partial charge in [-0.3, -0.25) is 0 Å². The van der Waals surface area contributed by atoms with Gasteiger partial charge in [-0.15, -0.1) is 0 Å². The fourth-order valence-corrected chi connectivity index (χ4v) is 1.99. The Balaban J connectivity index is 2.37.